The van der Waals surface area contributed by atoms with Gasteiger partial charge in [0.2, 0.25) is 0 Å². The summed E-state index contributed by atoms with van der Waals surface area (Å²) in [6.45, 7) is 1.98. The summed E-state index contributed by atoms with van der Waals surface area (Å²) < 4.78 is 24.2. The molecule has 9 heteroatoms. The van der Waals surface area contributed by atoms with Gasteiger partial charge in [-0.2, -0.15) is 0 Å². The quantitative estimate of drug-likeness (QED) is 0.220. The lowest BCUT2D eigenvalue weighted by molar-refractivity contribution is -0.138. The van der Waals surface area contributed by atoms with E-state index < -0.39 is 12.0 Å². The number of hydrogen-bond acceptors (Lipinski definition) is 8. The maximum absolute atomic E-state index is 14.2. The zero-order valence-corrected chi connectivity index (χ0v) is 24.1. The zero-order valence-electron chi connectivity index (χ0n) is 23.3. The number of para-hydroxylation sites is 1. The summed E-state index contributed by atoms with van der Waals surface area (Å²) in [6.07, 6.45) is 7.14. The van der Waals surface area contributed by atoms with Crippen molar-refractivity contribution in [2.75, 3.05) is 27.4 Å². The van der Waals surface area contributed by atoms with Gasteiger partial charge in [0.1, 0.15) is 12.4 Å². The largest absolute Gasteiger partial charge is 0.493 e. The van der Waals surface area contributed by atoms with Crippen LogP contribution in [0.15, 0.2) is 88.2 Å². The van der Waals surface area contributed by atoms with Crippen molar-refractivity contribution in [3.05, 3.63) is 115 Å². The summed E-state index contributed by atoms with van der Waals surface area (Å²) in [5.41, 5.74) is 2.39. The van der Waals surface area contributed by atoms with Crippen LogP contribution in [0.25, 0.3) is 11.8 Å². The van der Waals surface area contributed by atoms with Crippen molar-refractivity contribution in [2.24, 2.45) is 4.99 Å². The van der Waals surface area contributed by atoms with Crippen molar-refractivity contribution in [2.45, 2.75) is 13.0 Å². The van der Waals surface area contributed by atoms with E-state index in [1.54, 1.807) is 44.4 Å². The lowest BCUT2D eigenvalue weighted by atomic mass is 9.93. The van der Waals surface area contributed by atoms with Gasteiger partial charge in [-0.25, -0.2) is 9.79 Å². The maximum Gasteiger partial charge on any atom is 0.338 e. The van der Waals surface area contributed by atoms with E-state index in [1.165, 1.54) is 23.0 Å². The van der Waals surface area contributed by atoms with Gasteiger partial charge in [-0.05, 0) is 36.8 Å². The SMILES string of the molecule is C#CCOc1ccccc1/C=c1\sc2n(c1=O)[C@H](c1ccc(OC)c(OC)c1)C(C(=O)OCC)=C(c1ccccc1)N=2. The fourth-order valence-corrected chi connectivity index (χ4v) is 5.76. The number of ether oxygens (including phenoxy) is 4. The highest BCUT2D eigenvalue weighted by molar-refractivity contribution is 7.07. The highest BCUT2D eigenvalue weighted by Gasteiger charge is 2.35. The van der Waals surface area contributed by atoms with Crippen LogP contribution in [0, 0.1) is 12.3 Å². The minimum absolute atomic E-state index is 0.0920. The molecule has 0 bridgehead atoms. The van der Waals surface area contributed by atoms with Crippen molar-refractivity contribution in [3.8, 4) is 29.6 Å². The lowest BCUT2D eigenvalue weighted by Gasteiger charge is -2.26. The Morgan fingerprint density at radius 2 is 1.76 bits per heavy atom. The molecule has 212 valence electrons. The number of carbonyl (C=O) groups is 1. The molecule has 0 aliphatic carbocycles. The van der Waals surface area contributed by atoms with Gasteiger partial charge in [-0.1, -0.05) is 71.9 Å². The van der Waals surface area contributed by atoms with Crippen LogP contribution in [0.1, 0.15) is 29.7 Å². The van der Waals surface area contributed by atoms with E-state index >= 15 is 0 Å². The summed E-state index contributed by atoms with van der Waals surface area (Å²) in [7, 11) is 3.08. The summed E-state index contributed by atoms with van der Waals surface area (Å²) in [4.78, 5) is 33.1. The van der Waals surface area contributed by atoms with Crippen LogP contribution < -0.4 is 29.1 Å². The molecule has 0 unspecified atom stereocenters. The number of fused-ring (bicyclic) bond motifs is 1. The summed E-state index contributed by atoms with van der Waals surface area (Å²) in [5, 5.41) is 0. The molecule has 1 aliphatic heterocycles. The summed E-state index contributed by atoms with van der Waals surface area (Å²) >= 11 is 1.22. The van der Waals surface area contributed by atoms with E-state index in [0.29, 0.717) is 43.4 Å². The van der Waals surface area contributed by atoms with E-state index in [9.17, 15) is 9.59 Å². The minimum atomic E-state index is -0.856. The third kappa shape index (κ3) is 5.45. The van der Waals surface area contributed by atoms with Crippen LogP contribution in [0.5, 0.6) is 17.2 Å². The van der Waals surface area contributed by atoms with Gasteiger partial charge in [0, 0.05) is 11.1 Å². The molecule has 1 aliphatic rings. The number of hydrogen-bond donors (Lipinski definition) is 0. The highest BCUT2D eigenvalue weighted by atomic mass is 32.1. The molecule has 0 saturated carbocycles. The van der Waals surface area contributed by atoms with Crippen molar-refractivity contribution in [1.82, 2.24) is 4.57 Å². The highest BCUT2D eigenvalue weighted by Crippen LogP contribution is 2.38. The molecule has 0 amide bonds. The molecule has 8 nitrogen and oxygen atoms in total. The van der Waals surface area contributed by atoms with E-state index in [1.807, 2.05) is 48.5 Å². The smallest absolute Gasteiger partial charge is 0.338 e. The van der Waals surface area contributed by atoms with Gasteiger partial charge in [0.05, 0.1) is 42.7 Å². The number of esters is 1. The Hall–Kier alpha value is -5.07. The average Bonchev–Trinajstić information content (AvgIpc) is 3.34. The molecule has 1 atom stereocenters. The van der Waals surface area contributed by atoms with Gasteiger partial charge < -0.3 is 18.9 Å². The normalized spacial score (nSPS) is 14.4. The Bertz CT molecular complexity index is 1880. The second-order valence-electron chi connectivity index (χ2n) is 9.08. The summed E-state index contributed by atoms with van der Waals surface area (Å²) in [5.74, 6) is 3.42. The van der Waals surface area contributed by atoms with Crippen LogP contribution in [0.3, 0.4) is 0 Å². The van der Waals surface area contributed by atoms with Gasteiger partial charge in [-0.3, -0.25) is 9.36 Å². The maximum atomic E-state index is 14.2. The fourth-order valence-electron chi connectivity index (χ4n) is 4.77. The second-order valence-corrected chi connectivity index (χ2v) is 10.1. The molecule has 5 rings (SSSR count). The van der Waals surface area contributed by atoms with E-state index in [0.717, 1.165) is 5.56 Å². The van der Waals surface area contributed by atoms with Crippen LogP contribution in [-0.4, -0.2) is 38.0 Å². The van der Waals surface area contributed by atoms with Gasteiger partial charge >= 0.3 is 5.97 Å². The number of methoxy groups -OCH3 is 2. The predicted molar refractivity (Wildman–Crippen MR) is 161 cm³/mol. The van der Waals surface area contributed by atoms with Crippen molar-refractivity contribution >= 4 is 29.1 Å². The van der Waals surface area contributed by atoms with Crippen LogP contribution in [0.2, 0.25) is 0 Å². The molecule has 0 spiro atoms. The van der Waals surface area contributed by atoms with Crippen LogP contribution in [-0.2, 0) is 9.53 Å². The topological polar surface area (TPSA) is 88.3 Å². The number of benzene rings is 3. The van der Waals surface area contributed by atoms with E-state index in [2.05, 4.69) is 5.92 Å². The first-order valence-electron chi connectivity index (χ1n) is 13.2. The number of rotatable bonds is 9. The first-order valence-corrected chi connectivity index (χ1v) is 14.0. The molecule has 0 fully saturated rings. The van der Waals surface area contributed by atoms with E-state index in [-0.39, 0.29) is 24.3 Å². The molecule has 3 aromatic carbocycles. The van der Waals surface area contributed by atoms with Crippen LogP contribution >= 0.6 is 11.3 Å². The lowest BCUT2D eigenvalue weighted by Crippen LogP contribution is -2.40. The molecule has 0 N–H and O–H groups in total. The third-order valence-corrected chi connectivity index (χ3v) is 7.60. The molecular weight excluding hydrogens is 552 g/mol. The predicted octanol–water partition coefficient (Wildman–Crippen LogP) is 3.96. The van der Waals surface area contributed by atoms with Crippen molar-refractivity contribution < 1.29 is 23.7 Å². The Balaban J connectivity index is 1.82. The number of thiazole rings is 1. The Labute approximate surface area is 246 Å². The average molecular weight is 581 g/mol. The number of terminal acetylenes is 1. The summed E-state index contributed by atoms with van der Waals surface area (Å²) in [6, 6.07) is 21.1. The Kier molecular flexibility index (Phi) is 8.55. The monoisotopic (exact) mass is 580 g/mol. The van der Waals surface area contributed by atoms with E-state index in [4.69, 9.17) is 30.4 Å². The fraction of sp³-hybridized carbons (Fsp3) is 0.182. The Morgan fingerprint density at radius 1 is 1.02 bits per heavy atom. The molecule has 42 heavy (non-hydrogen) atoms. The molecule has 2 heterocycles. The molecule has 4 aromatic rings. The number of carbonyl (C=O) groups excluding carboxylic acids is 1. The number of nitrogens with zero attached hydrogens (tertiary/aromatic N) is 2. The first kappa shape index (κ1) is 28.5. The molecule has 0 radical (unpaired) electrons. The van der Waals surface area contributed by atoms with Crippen molar-refractivity contribution in [3.63, 3.8) is 0 Å². The van der Waals surface area contributed by atoms with Crippen molar-refractivity contribution in [1.29, 1.82) is 0 Å². The van der Waals surface area contributed by atoms with Gasteiger partial charge in [0.25, 0.3) is 5.56 Å². The number of aromatic nitrogens is 1. The molecule has 0 saturated heterocycles. The Morgan fingerprint density at radius 3 is 2.48 bits per heavy atom. The molecule has 1 aromatic heterocycles. The molecular formula is C33H28N2O6S. The first-order chi connectivity index (χ1) is 20.5. The van der Waals surface area contributed by atoms with Gasteiger partial charge in [0.15, 0.2) is 16.3 Å². The minimum Gasteiger partial charge on any atom is -0.493 e. The van der Waals surface area contributed by atoms with Gasteiger partial charge in [-0.15, -0.1) is 6.42 Å². The standard InChI is InChI=1S/C33H28N2O6S/c1-5-18-41-24-15-11-10-14-22(24)20-27-31(36)35-30(23-16-17-25(38-3)26(19-23)39-4)28(32(37)40-6-2)29(34-33(35)42-27)21-12-8-7-9-13-21/h1,7-17,19-20,30H,6,18H2,2-4H3/b27-20-/t30-/m1/s1. The van der Waals surface area contributed by atoms with Crippen LogP contribution in [0.4, 0.5) is 0 Å². The zero-order chi connectivity index (χ0) is 29.6. The second kappa shape index (κ2) is 12.6. The third-order valence-electron chi connectivity index (χ3n) is 6.61.